The highest BCUT2D eigenvalue weighted by molar-refractivity contribution is 5.90. The summed E-state index contributed by atoms with van der Waals surface area (Å²) in [7, 11) is 0. The van der Waals surface area contributed by atoms with Gasteiger partial charge in [0, 0.05) is 12.3 Å². The molecule has 0 unspecified atom stereocenters. The number of amides is 1. The Hall–Kier alpha value is -2.34. The molecule has 2 aromatic heterocycles. The summed E-state index contributed by atoms with van der Waals surface area (Å²) in [6, 6.07) is 8.00. The number of carbonyl (C=O) groups is 1. The lowest BCUT2D eigenvalue weighted by molar-refractivity contribution is 0.0924. The molecule has 88 valence electrons. The van der Waals surface area contributed by atoms with Crippen molar-refractivity contribution in [2.75, 3.05) is 0 Å². The van der Waals surface area contributed by atoms with Crippen LogP contribution >= 0.6 is 0 Å². The molecule has 17 heavy (non-hydrogen) atoms. The summed E-state index contributed by atoms with van der Waals surface area (Å²) in [5.74, 6) is 5.10. The van der Waals surface area contributed by atoms with E-state index in [9.17, 15) is 9.59 Å². The Morgan fingerprint density at radius 1 is 1.35 bits per heavy atom. The van der Waals surface area contributed by atoms with E-state index >= 15 is 0 Å². The third-order valence-corrected chi connectivity index (χ3v) is 2.24. The molecule has 0 aliphatic heterocycles. The van der Waals surface area contributed by atoms with Crippen LogP contribution in [0.4, 0.5) is 0 Å². The van der Waals surface area contributed by atoms with Crippen LogP contribution in [0.1, 0.15) is 16.3 Å². The molecule has 0 atom stereocenters. The van der Waals surface area contributed by atoms with Gasteiger partial charge in [-0.1, -0.05) is 6.07 Å². The number of aromatic nitrogens is 1. The standard InChI is InChI=1S/C11H11N3O3/c12-13-11(16)9-5-4-8(17-9)7-14-6-2-1-3-10(14)15/h1-6H,7,12H2,(H,13,16). The van der Waals surface area contributed by atoms with Crippen molar-refractivity contribution in [1.29, 1.82) is 0 Å². The van der Waals surface area contributed by atoms with Gasteiger partial charge >= 0.3 is 5.91 Å². The Kier molecular flexibility index (Phi) is 3.06. The molecule has 0 aromatic carbocycles. The fraction of sp³-hybridized carbons (Fsp3) is 0.0909. The molecule has 0 aliphatic carbocycles. The lowest BCUT2D eigenvalue weighted by Gasteiger charge is -2.01. The minimum atomic E-state index is -0.503. The van der Waals surface area contributed by atoms with Crippen molar-refractivity contribution in [3.63, 3.8) is 0 Å². The van der Waals surface area contributed by atoms with E-state index in [2.05, 4.69) is 0 Å². The monoisotopic (exact) mass is 233 g/mol. The molecule has 0 fully saturated rings. The fourth-order valence-corrected chi connectivity index (χ4v) is 1.42. The third-order valence-electron chi connectivity index (χ3n) is 2.24. The SMILES string of the molecule is NNC(=O)c1ccc(Cn2ccccc2=O)o1. The fourth-order valence-electron chi connectivity index (χ4n) is 1.42. The highest BCUT2D eigenvalue weighted by Gasteiger charge is 2.09. The second-order valence-corrected chi connectivity index (χ2v) is 3.41. The lowest BCUT2D eigenvalue weighted by Crippen LogP contribution is -2.29. The number of nitrogens with one attached hydrogen (secondary N) is 1. The summed E-state index contributed by atoms with van der Waals surface area (Å²) in [5.41, 5.74) is 1.84. The van der Waals surface area contributed by atoms with Crippen molar-refractivity contribution in [3.05, 3.63) is 58.4 Å². The zero-order chi connectivity index (χ0) is 12.3. The van der Waals surface area contributed by atoms with Crippen LogP contribution in [0.3, 0.4) is 0 Å². The molecule has 0 radical (unpaired) electrons. The highest BCUT2D eigenvalue weighted by atomic mass is 16.4. The first-order chi connectivity index (χ1) is 8.20. The van der Waals surface area contributed by atoms with Crippen molar-refractivity contribution >= 4 is 5.91 Å². The van der Waals surface area contributed by atoms with E-state index in [1.165, 1.54) is 16.7 Å². The van der Waals surface area contributed by atoms with Crippen molar-refractivity contribution in [3.8, 4) is 0 Å². The molecule has 0 bridgehead atoms. The number of rotatable bonds is 3. The number of furan rings is 1. The summed E-state index contributed by atoms with van der Waals surface area (Å²) in [6.45, 7) is 0.275. The van der Waals surface area contributed by atoms with Gasteiger partial charge in [-0.05, 0) is 18.2 Å². The van der Waals surface area contributed by atoms with E-state index in [1.807, 2.05) is 5.43 Å². The van der Waals surface area contributed by atoms with Gasteiger partial charge < -0.3 is 8.98 Å². The molecule has 3 N–H and O–H groups in total. The van der Waals surface area contributed by atoms with E-state index in [0.29, 0.717) is 5.76 Å². The number of nitrogen functional groups attached to an aromatic ring is 1. The van der Waals surface area contributed by atoms with Crippen LogP contribution in [0.2, 0.25) is 0 Å². The first-order valence-corrected chi connectivity index (χ1v) is 4.96. The zero-order valence-electron chi connectivity index (χ0n) is 8.92. The van der Waals surface area contributed by atoms with Crippen molar-refractivity contribution < 1.29 is 9.21 Å². The maximum absolute atomic E-state index is 11.4. The Labute approximate surface area is 96.6 Å². The molecule has 2 rings (SSSR count). The van der Waals surface area contributed by atoms with Crippen LogP contribution in [0.5, 0.6) is 0 Å². The number of hydrazine groups is 1. The highest BCUT2D eigenvalue weighted by Crippen LogP contribution is 2.08. The van der Waals surface area contributed by atoms with Gasteiger partial charge in [0.05, 0.1) is 6.54 Å². The molecule has 0 saturated heterocycles. The summed E-state index contributed by atoms with van der Waals surface area (Å²) in [5, 5.41) is 0. The van der Waals surface area contributed by atoms with Gasteiger partial charge in [0.2, 0.25) is 0 Å². The van der Waals surface area contributed by atoms with Gasteiger partial charge in [-0.15, -0.1) is 0 Å². The molecule has 0 spiro atoms. The van der Waals surface area contributed by atoms with Crippen molar-refractivity contribution in [2.45, 2.75) is 6.54 Å². The predicted molar refractivity (Wildman–Crippen MR) is 60.2 cm³/mol. The van der Waals surface area contributed by atoms with Crippen LogP contribution in [-0.2, 0) is 6.54 Å². The molecule has 0 saturated carbocycles. The van der Waals surface area contributed by atoms with Gasteiger partial charge in [-0.2, -0.15) is 0 Å². The molecule has 2 aromatic rings. The van der Waals surface area contributed by atoms with E-state index in [-0.39, 0.29) is 17.9 Å². The van der Waals surface area contributed by atoms with Crippen LogP contribution < -0.4 is 16.8 Å². The molecular formula is C11H11N3O3. The minimum absolute atomic E-state index is 0.117. The number of carbonyl (C=O) groups excluding carboxylic acids is 1. The van der Waals surface area contributed by atoms with Crippen molar-refractivity contribution in [1.82, 2.24) is 9.99 Å². The van der Waals surface area contributed by atoms with Gasteiger partial charge in [-0.25, -0.2) is 5.84 Å². The Balaban J connectivity index is 2.20. The van der Waals surface area contributed by atoms with Gasteiger partial charge in [-0.3, -0.25) is 15.0 Å². The van der Waals surface area contributed by atoms with Gasteiger partial charge in [0.25, 0.3) is 5.56 Å². The number of hydrogen-bond acceptors (Lipinski definition) is 4. The second kappa shape index (κ2) is 4.67. The number of hydrogen-bond donors (Lipinski definition) is 2. The average molecular weight is 233 g/mol. The van der Waals surface area contributed by atoms with Crippen LogP contribution in [0.25, 0.3) is 0 Å². The first kappa shape index (κ1) is 11.2. The van der Waals surface area contributed by atoms with Crippen LogP contribution in [-0.4, -0.2) is 10.5 Å². The summed E-state index contributed by atoms with van der Waals surface area (Å²) < 4.78 is 6.72. The van der Waals surface area contributed by atoms with Crippen molar-refractivity contribution in [2.24, 2.45) is 5.84 Å². The summed E-state index contributed by atoms with van der Waals surface area (Å²) in [6.07, 6.45) is 1.65. The van der Waals surface area contributed by atoms with Crippen LogP contribution in [0, 0.1) is 0 Å². The second-order valence-electron chi connectivity index (χ2n) is 3.41. The Bertz CT molecular complexity index is 585. The van der Waals surface area contributed by atoms with E-state index in [4.69, 9.17) is 10.3 Å². The zero-order valence-corrected chi connectivity index (χ0v) is 8.92. The number of pyridine rings is 1. The Morgan fingerprint density at radius 3 is 2.88 bits per heavy atom. The molecule has 2 heterocycles. The van der Waals surface area contributed by atoms with E-state index in [0.717, 1.165) is 0 Å². The summed E-state index contributed by atoms with van der Waals surface area (Å²) >= 11 is 0. The average Bonchev–Trinajstić information content (AvgIpc) is 2.80. The largest absolute Gasteiger partial charge is 0.454 e. The lowest BCUT2D eigenvalue weighted by atomic mass is 10.4. The smallest absolute Gasteiger partial charge is 0.300 e. The van der Waals surface area contributed by atoms with E-state index < -0.39 is 5.91 Å². The molecule has 6 heteroatoms. The van der Waals surface area contributed by atoms with Crippen LogP contribution in [0.15, 0.2) is 45.7 Å². The quantitative estimate of drug-likeness (QED) is 0.446. The minimum Gasteiger partial charge on any atom is -0.454 e. The first-order valence-electron chi connectivity index (χ1n) is 4.96. The molecule has 1 amide bonds. The molecular weight excluding hydrogens is 222 g/mol. The van der Waals surface area contributed by atoms with E-state index in [1.54, 1.807) is 24.4 Å². The normalized spacial score (nSPS) is 10.2. The van der Waals surface area contributed by atoms with Gasteiger partial charge in [0.1, 0.15) is 5.76 Å². The Morgan fingerprint density at radius 2 is 2.18 bits per heavy atom. The maximum Gasteiger partial charge on any atom is 0.300 e. The predicted octanol–water partition coefficient (Wildman–Crippen LogP) is 0.0931. The maximum atomic E-state index is 11.4. The molecule has 0 aliphatic rings. The van der Waals surface area contributed by atoms with Gasteiger partial charge in [0.15, 0.2) is 5.76 Å². The topological polar surface area (TPSA) is 90.3 Å². The number of nitrogens with two attached hydrogens (primary N) is 1. The summed E-state index contributed by atoms with van der Waals surface area (Å²) in [4.78, 5) is 22.6. The number of nitrogens with zero attached hydrogens (tertiary/aromatic N) is 1. The molecule has 6 nitrogen and oxygen atoms in total. The third kappa shape index (κ3) is 2.43.